The van der Waals surface area contributed by atoms with E-state index in [0.29, 0.717) is 6.04 Å². The Morgan fingerprint density at radius 2 is 2.24 bits per heavy atom. The van der Waals surface area contributed by atoms with Gasteiger partial charge in [0, 0.05) is 34.9 Å². The van der Waals surface area contributed by atoms with E-state index in [9.17, 15) is 4.21 Å². The summed E-state index contributed by atoms with van der Waals surface area (Å²) in [4.78, 5) is 2.50. The number of rotatable bonds is 7. The normalized spacial score (nSPS) is 25.7. The largest absolute Gasteiger partial charge is 0.314 e. The lowest BCUT2D eigenvalue weighted by Gasteiger charge is -2.32. The van der Waals surface area contributed by atoms with Crippen LogP contribution in [0.15, 0.2) is 0 Å². The van der Waals surface area contributed by atoms with Crippen molar-refractivity contribution in [3.05, 3.63) is 0 Å². The highest BCUT2D eigenvalue weighted by Crippen LogP contribution is 2.17. The van der Waals surface area contributed by atoms with E-state index in [0.717, 1.165) is 24.8 Å². The molecule has 1 aliphatic heterocycles. The minimum Gasteiger partial charge on any atom is -0.314 e. The summed E-state index contributed by atoms with van der Waals surface area (Å²) in [6, 6.07) is 1.26. The second-order valence-electron chi connectivity index (χ2n) is 5.34. The van der Waals surface area contributed by atoms with Crippen LogP contribution in [-0.4, -0.2) is 53.3 Å². The summed E-state index contributed by atoms with van der Waals surface area (Å²) in [7, 11) is 1.59. The second kappa shape index (κ2) is 8.22. The van der Waals surface area contributed by atoms with Crippen molar-refractivity contribution in [2.24, 2.45) is 0 Å². The third-order valence-corrected chi connectivity index (χ3v) is 4.54. The van der Waals surface area contributed by atoms with Crippen LogP contribution in [-0.2, 0) is 10.8 Å². The van der Waals surface area contributed by atoms with E-state index >= 15 is 0 Å². The third kappa shape index (κ3) is 6.53. The summed E-state index contributed by atoms with van der Waals surface area (Å²) < 4.78 is 11.0. The molecule has 0 radical (unpaired) electrons. The zero-order valence-electron chi connectivity index (χ0n) is 11.6. The van der Waals surface area contributed by atoms with Crippen LogP contribution in [0.3, 0.4) is 0 Å². The molecule has 17 heavy (non-hydrogen) atoms. The fraction of sp³-hybridized carbons (Fsp3) is 1.00. The lowest BCUT2D eigenvalue weighted by molar-refractivity contribution is 0.174. The first-order valence-electron chi connectivity index (χ1n) is 6.83. The summed E-state index contributed by atoms with van der Waals surface area (Å²) in [5.41, 5.74) is 0. The van der Waals surface area contributed by atoms with Crippen molar-refractivity contribution >= 4 is 10.8 Å². The molecule has 3 atom stereocenters. The number of likely N-dealkylation sites (tertiary alicyclic amines) is 1. The minimum atomic E-state index is -0.650. The van der Waals surface area contributed by atoms with Crippen molar-refractivity contribution in [1.29, 1.82) is 0 Å². The van der Waals surface area contributed by atoms with E-state index in [1.54, 1.807) is 6.26 Å². The number of nitrogens with one attached hydrogen (secondary N) is 1. The highest BCUT2D eigenvalue weighted by atomic mass is 32.2. The van der Waals surface area contributed by atoms with Gasteiger partial charge in [-0.2, -0.15) is 0 Å². The van der Waals surface area contributed by atoms with Crippen LogP contribution in [0.1, 0.15) is 39.0 Å². The fourth-order valence-corrected chi connectivity index (χ4v) is 3.14. The van der Waals surface area contributed by atoms with E-state index in [-0.39, 0.29) is 0 Å². The van der Waals surface area contributed by atoms with Crippen LogP contribution in [0.4, 0.5) is 0 Å². The summed E-state index contributed by atoms with van der Waals surface area (Å²) in [5, 5.41) is 3.54. The zero-order chi connectivity index (χ0) is 12.7. The van der Waals surface area contributed by atoms with Gasteiger partial charge in [-0.05, 0) is 52.7 Å². The molecule has 0 aromatic rings. The number of piperidine rings is 1. The van der Waals surface area contributed by atoms with Gasteiger partial charge in [-0.15, -0.1) is 0 Å². The Hall–Kier alpha value is 0.0700. The van der Waals surface area contributed by atoms with Crippen molar-refractivity contribution in [3.63, 3.8) is 0 Å². The van der Waals surface area contributed by atoms with E-state index in [2.05, 4.69) is 24.2 Å². The van der Waals surface area contributed by atoms with Gasteiger partial charge in [0.25, 0.3) is 0 Å². The predicted octanol–water partition coefficient (Wildman–Crippen LogP) is 1.61. The highest BCUT2D eigenvalue weighted by Gasteiger charge is 2.18. The van der Waals surface area contributed by atoms with Gasteiger partial charge in [0.2, 0.25) is 0 Å². The summed E-state index contributed by atoms with van der Waals surface area (Å²) >= 11 is 0. The molecule has 1 heterocycles. The number of hydrogen-bond acceptors (Lipinski definition) is 3. The third-order valence-electron chi connectivity index (χ3n) is 3.73. The van der Waals surface area contributed by atoms with Crippen LogP contribution < -0.4 is 5.32 Å². The molecule has 0 saturated carbocycles. The van der Waals surface area contributed by atoms with Gasteiger partial charge in [-0.25, -0.2) is 0 Å². The van der Waals surface area contributed by atoms with E-state index in [4.69, 9.17) is 0 Å². The van der Waals surface area contributed by atoms with Gasteiger partial charge in [-0.1, -0.05) is 6.42 Å². The Labute approximate surface area is 109 Å². The Morgan fingerprint density at radius 3 is 2.88 bits per heavy atom. The van der Waals surface area contributed by atoms with Crippen LogP contribution >= 0.6 is 0 Å². The first-order valence-corrected chi connectivity index (χ1v) is 8.56. The molecule has 0 bridgehead atoms. The average Bonchev–Trinajstić information content (AvgIpc) is 2.29. The molecule has 1 fully saturated rings. The molecule has 0 aromatic carbocycles. The second-order valence-corrected chi connectivity index (χ2v) is 6.89. The van der Waals surface area contributed by atoms with Crippen LogP contribution in [0.5, 0.6) is 0 Å². The van der Waals surface area contributed by atoms with Crippen LogP contribution in [0.25, 0.3) is 0 Å². The summed E-state index contributed by atoms with van der Waals surface area (Å²) in [6.45, 7) is 4.54. The molecule has 0 spiro atoms. The predicted molar refractivity (Wildman–Crippen MR) is 75.9 cm³/mol. The Kier molecular flexibility index (Phi) is 7.32. The SMILES string of the molecule is CC(CCS(C)=O)NCCC1CCCCN1C. The molecule has 1 aliphatic rings. The summed E-state index contributed by atoms with van der Waals surface area (Å²) in [6.07, 6.45) is 8.15. The molecule has 1 N–H and O–H groups in total. The van der Waals surface area contributed by atoms with E-state index in [1.165, 1.54) is 32.2 Å². The molecule has 3 unspecified atom stereocenters. The van der Waals surface area contributed by atoms with Crippen LogP contribution in [0, 0.1) is 0 Å². The number of nitrogens with zero attached hydrogens (tertiary/aromatic N) is 1. The summed E-state index contributed by atoms with van der Waals surface area (Å²) in [5.74, 6) is 0.817. The van der Waals surface area contributed by atoms with Crippen molar-refractivity contribution in [2.75, 3.05) is 32.1 Å². The highest BCUT2D eigenvalue weighted by molar-refractivity contribution is 7.84. The molecule has 0 aromatic heterocycles. The van der Waals surface area contributed by atoms with Crippen molar-refractivity contribution in [2.45, 2.75) is 51.1 Å². The van der Waals surface area contributed by atoms with Crippen molar-refractivity contribution in [3.8, 4) is 0 Å². The molecule has 1 saturated heterocycles. The Balaban J connectivity index is 2.07. The first kappa shape index (κ1) is 15.1. The van der Waals surface area contributed by atoms with Gasteiger partial charge >= 0.3 is 0 Å². The molecule has 0 amide bonds. The maximum atomic E-state index is 11.0. The first-order chi connectivity index (χ1) is 8.09. The molecule has 1 rings (SSSR count). The van der Waals surface area contributed by atoms with Gasteiger partial charge < -0.3 is 10.2 Å². The fourth-order valence-electron chi connectivity index (χ4n) is 2.45. The Morgan fingerprint density at radius 1 is 1.47 bits per heavy atom. The van der Waals surface area contributed by atoms with E-state index < -0.39 is 10.8 Å². The van der Waals surface area contributed by atoms with Crippen molar-refractivity contribution in [1.82, 2.24) is 10.2 Å². The molecular weight excluding hydrogens is 232 g/mol. The maximum absolute atomic E-state index is 11.0. The quantitative estimate of drug-likeness (QED) is 0.755. The molecule has 3 nitrogen and oxygen atoms in total. The average molecular weight is 260 g/mol. The van der Waals surface area contributed by atoms with Crippen molar-refractivity contribution < 1.29 is 4.21 Å². The molecule has 102 valence electrons. The number of hydrogen-bond donors (Lipinski definition) is 1. The Bertz CT molecular complexity index is 235. The topological polar surface area (TPSA) is 32.3 Å². The van der Waals surface area contributed by atoms with Gasteiger partial charge in [0.05, 0.1) is 0 Å². The van der Waals surface area contributed by atoms with Gasteiger partial charge in [0.1, 0.15) is 0 Å². The zero-order valence-corrected chi connectivity index (χ0v) is 12.4. The van der Waals surface area contributed by atoms with Crippen LogP contribution in [0.2, 0.25) is 0 Å². The van der Waals surface area contributed by atoms with E-state index in [1.807, 2.05) is 0 Å². The maximum Gasteiger partial charge on any atom is 0.0246 e. The minimum absolute atomic E-state index is 0.493. The molecule has 4 heteroatoms. The lowest BCUT2D eigenvalue weighted by Crippen LogP contribution is -2.39. The molecule has 0 aliphatic carbocycles. The van der Waals surface area contributed by atoms with Gasteiger partial charge in [-0.3, -0.25) is 4.21 Å². The lowest BCUT2D eigenvalue weighted by atomic mass is 10.00. The monoisotopic (exact) mass is 260 g/mol. The smallest absolute Gasteiger partial charge is 0.0246 e. The van der Waals surface area contributed by atoms with Gasteiger partial charge in [0.15, 0.2) is 0 Å². The molecular formula is C13H28N2OS. The standard InChI is InChI=1S/C13H28N2OS/c1-12(8-11-17(3)16)14-9-7-13-6-4-5-10-15(13)2/h12-14H,4-11H2,1-3H3.